The van der Waals surface area contributed by atoms with Gasteiger partial charge in [0.05, 0.1) is 23.8 Å². The van der Waals surface area contributed by atoms with Crippen LogP contribution in [-0.2, 0) is 4.74 Å². The summed E-state index contributed by atoms with van der Waals surface area (Å²) in [6.07, 6.45) is 3.54. The van der Waals surface area contributed by atoms with Gasteiger partial charge in [0.15, 0.2) is 5.65 Å². The van der Waals surface area contributed by atoms with Gasteiger partial charge in [-0.2, -0.15) is 0 Å². The lowest BCUT2D eigenvalue weighted by atomic mass is 10.0. The van der Waals surface area contributed by atoms with E-state index in [4.69, 9.17) is 20.4 Å². The van der Waals surface area contributed by atoms with Gasteiger partial charge in [0, 0.05) is 29.3 Å². The van der Waals surface area contributed by atoms with Gasteiger partial charge in [-0.15, -0.1) is 0 Å². The Kier molecular flexibility index (Phi) is 5.95. The van der Waals surface area contributed by atoms with Crippen LogP contribution in [0.3, 0.4) is 0 Å². The SMILES string of the molecule is CC(C)C1CN(c2ccc(-c3cc(-c4cccc(Br)c4)c4c(N)ncnc4n3)cn2)CCO1. The summed E-state index contributed by atoms with van der Waals surface area (Å²) in [5.41, 5.74) is 10.4. The van der Waals surface area contributed by atoms with E-state index in [0.717, 1.165) is 57.8 Å². The number of fused-ring (bicyclic) bond motifs is 1. The van der Waals surface area contributed by atoms with Crippen LogP contribution in [0.15, 0.2) is 59.5 Å². The number of nitrogen functional groups attached to an aromatic ring is 1. The highest BCUT2D eigenvalue weighted by Gasteiger charge is 2.24. The van der Waals surface area contributed by atoms with Crippen molar-refractivity contribution >= 4 is 38.6 Å². The minimum atomic E-state index is 0.222. The van der Waals surface area contributed by atoms with Crippen LogP contribution < -0.4 is 10.6 Å². The maximum atomic E-state index is 6.23. The summed E-state index contributed by atoms with van der Waals surface area (Å²) < 4.78 is 6.88. The van der Waals surface area contributed by atoms with E-state index in [-0.39, 0.29) is 6.10 Å². The smallest absolute Gasteiger partial charge is 0.165 e. The first kappa shape index (κ1) is 21.7. The maximum Gasteiger partial charge on any atom is 0.165 e. The van der Waals surface area contributed by atoms with Crippen molar-refractivity contribution in [1.29, 1.82) is 0 Å². The van der Waals surface area contributed by atoms with Crippen LogP contribution in [0.25, 0.3) is 33.4 Å². The van der Waals surface area contributed by atoms with Crippen molar-refractivity contribution in [1.82, 2.24) is 19.9 Å². The molecule has 2 N–H and O–H groups in total. The third-order valence-corrected chi connectivity index (χ3v) is 6.47. The molecule has 0 amide bonds. The predicted octanol–water partition coefficient (Wildman–Crippen LogP) is 4.96. The summed E-state index contributed by atoms with van der Waals surface area (Å²) in [6.45, 7) is 6.79. The molecular weight excluding hydrogens is 480 g/mol. The Labute approximate surface area is 201 Å². The van der Waals surface area contributed by atoms with Crippen molar-refractivity contribution < 1.29 is 4.74 Å². The van der Waals surface area contributed by atoms with E-state index < -0.39 is 0 Å². The van der Waals surface area contributed by atoms with Crippen molar-refractivity contribution in [3.63, 3.8) is 0 Å². The van der Waals surface area contributed by atoms with Gasteiger partial charge in [-0.1, -0.05) is 41.9 Å². The van der Waals surface area contributed by atoms with Gasteiger partial charge < -0.3 is 15.4 Å². The van der Waals surface area contributed by atoms with E-state index in [0.29, 0.717) is 17.4 Å². The first-order valence-corrected chi connectivity index (χ1v) is 11.8. The van der Waals surface area contributed by atoms with E-state index in [1.807, 2.05) is 30.5 Å². The molecule has 1 fully saturated rings. The number of ether oxygens (including phenoxy) is 1. The summed E-state index contributed by atoms with van der Waals surface area (Å²) in [5, 5.41) is 0.747. The van der Waals surface area contributed by atoms with Crippen LogP contribution in [0.1, 0.15) is 13.8 Å². The van der Waals surface area contributed by atoms with Gasteiger partial charge in [-0.05, 0) is 47.4 Å². The molecule has 1 atom stereocenters. The van der Waals surface area contributed by atoms with Crippen molar-refractivity contribution in [2.75, 3.05) is 30.3 Å². The summed E-state index contributed by atoms with van der Waals surface area (Å²) in [4.78, 5) is 20.4. The fourth-order valence-electron chi connectivity index (χ4n) is 4.13. The summed E-state index contributed by atoms with van der Waals surface area (Å²) in [7, 11) is 0. The molecule has 1 aliphatic rings. The van der Waals surface area contributed by atoms with E-state index in [1.54, 1.807) is 0 Å². The Hall–Kier alpha value is -3.10. The predicted molar refractivity (Wildman–Crippen MR) is 135 cm³/mol. The fraction of sp³-hybridized carbons (Fsp3) is 0.280. The molecule has 4 heterocycles. The van der Waals surface area contributed by atoms with Crippen molar-refractivity contribution in [2.45, 2.75) is 20.0 Å². The van der Waals surface area contributed by atoms with Crippen LogP contribution in [0, 0.1) is 5.92 Å². The zero-order valence-corrected chi connectivity index (χ0v) is 20.2. The monoisotopic (exact) mass is 504 g/mol. The minimum Gasteiger partial charge on any atom is -0.383 e. The lowest BCUT2D eigenvalue weighted by Crippen LogP contribution is -2.45. The molecule has 5 rings (SSSR count). The topological polar surface area (TPSA) is 90.1 Å². The third kappa shape index (κ3) is 4.41. The molecule has 0 aliphatic carbocycles. The zero-order chi connectivity index (χ0) is 22.9. The molecule has 1 saturated heterocycles. The molecule has 33 heavy (non-hydrogen) atoms. The molecule has 7 nitrogen and oxygen atoms in total. The first-order chi connectivity index (χ1) is 16.0. The number of benzene rings is 1. The zero-order valence-electron chi connectivity index (χ0n) is 18.6. The second-order valence-corrected chi connectivity index (χ2v) is 9.44. The molecule has 168 valence electrons. The fourth-order valence-corrected chi connectivity index (χ4v) is 4.53. The number of aromatic nitrogens is 4. The van der Waals surface area contributed by atoms with E-state index in [9.17, 15) is 0 Å². The number of nitrogens with zero attached hydrogens (tertiary/aromatic N) is 5. The maximum absolute atomic E-state index is 6.23. The van der Waals surface area contributed by atoms with Crippen LogP contribution >= 0.6 is 15.9 Å². The summed E-state index contributed by atoms with van der Waals surface area (Å²) in [5.74, 6) is 1.83. The van der Waals surface area contributed by atoms with Crippen molar-refractivity contribution in [2.24, 2.45) is 5.92 Å². The van der Waals surface area contributed by atoms with E-state index >= 15 is 0 Å². The number of nitrogens with two attached hydrogens (primary N) is 1. The Morgan fingerprint density at radius 2 is 1.97 bits per heavy atom. The molecule has 3 aromatic heterocycles. The second kappa shape index (κ2) is 9.03. The summed E-state index contributed by atoms with van der Waals surface area (Å²) >= 11 is 3.56. The largest absolute Gasteiger partial charge is 0.383 e. The Morgan fingerprint density at radius 1 is 1.09 bits per heavy atom. The van der Waals surface area contributed by atoms with Crippen molar-refractivity contribution in [3.8, 4) is 22.4 Å². The Bertz CT molecular complexity index is 1290. The third-order valence-electron chi connectivity index (χ3n) is 5.97. The molecular formula is C25H25BrN6O. The van der Waals surface area contributed by atoms with Crippen molar-refractivity contribution in [3.05, 3.63) is 59.5 Å². The van der Waals surface area contributed by atoms with Gasteiger partial charge in [0.25, 0.3) is 0 Å². The average Bonchev–Trinajstić information content (AvgIpc) is 2.84. The van der Waals surface area contributed by atoms with Crippen LogP contribution in [0.5, 0.6) is 0 Å². The van der Waals surface area contributed by atoms with Crippen LogP contribution in [0.4, 0.5) is 11.6 Å². The minimum absolute atomic E-state index is 0.222. The van der Waals surface area contributed by atoms with E-state index in [1.165, 1.54) is 6.33 Å². The van der Waals surface area contributed by atoms with Gasteiger partial charge in [-0.3, -0.25) is 0 Å². The lowest BCUT2D eigenvalue weighted by Gasteiger charge is -2.35. The molecule has 8 heteroatoms. The summed E-state index contributed by atoms with van der Waals surface area (Å²) in [6, 6.07) is 14.2. The molecule has 0 bridgehead atoms. The highest BCUT2D eigenvalue weighted by atomic mass is 79.9. The molecule has 4 aromatic rings. The normalized spacial score (nSPS) is 16.5. The van der Waals surface area contributed by atoms with Gasteiger partial charge in [0.1, 0.15) is 18.0 Å². The molecule has 0 saturated carbocycles. The molecule has 0 spiro atoms. The number of rotatable bonds is 4. The second-order valence-electron chi connectivity index (χ2n) is 8.53. The van der Waals surface area contributed by atoms with Gasteiger partial charge in [0.2, 0.25) is 0 Å². The van der Waals surface area contributed by atoms with Gasteiger partial charge in [-0.25, -0.2) is 19.9 Å². The van der Waals surface area contributed by atoms with Crippen LogP contribution in [0.2, 0.25) is 0 Å². The molecule has 1 aromatic carbocycles. The highest BCUT2D eigenvalue weighted by Crippen LogP contribution is 2.34. The Morgan fingerprint density at radius 3 is 2.73 bits per heavy atom. The number of hydrogen-bond acceptors (Lipinski definition) is 7. The number of anilines is 2. The number of pyridine rings is 2. The number of morpholine rings is 1. The molecule has 1 unspecified atom stereocenters. The first-order valence-electron chi connectivity index (χ1n) is 11.0. The quantitative estimate of drug-likeness (QED) is 0.419. The lowest BCUT2D eigenvalue weighted by molar-refractivity contribution is 0.0112. The Balaban J connectivity index is 1.54. The molecule has 0 radical (unpaired) electrons. The number of hydrogen-bond donors (Lipinski definition) is 1. The van der Waals surface area contributed by atoms with E-state index in [2.05, 4.69) is 62.8 Å². The average molecular weight is 505 g/mol. The number of halogens is 1. The highest BCUT2D eigenvalue weighted by molar-refractivity contribution is 9.10. The standard InChI is InChI=1S/C25H25BrN6O/c1-15(2)21-13-32(8-9-33-21)22-7-6-17(12-28-22)20-11-19(16-4-3-5-18(26)10-16)23-24(27)29-14-30-25(23)31-20/h3-7,10-12,14-15,21H,8-9,13H2,1-2H3,(H2,27,29,30,31). The van der Waals surface area contributed by atoms with Gasteiger partial charge >= 0.3 is 0 Å². The molecule has 1 aliphatic heterocycles. The van der Waals surface area contributed by atoms with Crippen LogP contribution in [-0.4, -0.2) is 45.7 Å².